The third-order valence-corrected chi connectivity index (χ3v) is 3.84. The Balaban J connectivity index is 1.83. The summed E-state index contributed by atoms with van der Waals surface area (Å²) in [6.45, 7) is 0.260. The number of nitrogens with two attached hydrogens (primary N) is 1. The lowest BCUT2D eigenvalue weighted by molar-refractivity contribution is -0.182. The van der Waals surface area contributed by atoms with Gasteiger partial charge in [0.05, 0.1) is 19.5 Å². The van der Waals surface area contributed by atoms with Crippen LogP contribution in [0.5, 0.6) is 0 Å². The molecule has 4 heterocycles. The van der Waals surface area contributed by atoms with E-state index in [1.165, 1.54) is 6.33 Å². The van der Waals surface area contributed by atoms with Crippen LogP contribution in [0.1, 0.15) is 12.6 Å². The maximum Gasteiger partial charge on any atom is 0.280 e. The molecule has 3 atom stereocenters. The van der Waals surface area contributed by atoms with Crippen LogP contribution in [0.2, 0.25) is 0 Å². The maximum absolute atomic E-state index is 11.7. The van der Waals surface area contributed by atoms with E-state index in [1.54, 1.807) is 4.57 Å². The fraction of sp³-hybridized carbons (Fsp3) is 0.545. The minimum atomic E-state index is -0.668. The van der Waals surface area contributed by atoms with E-state index in [-0.39, 0.29) is 24.2 Å². The number of imidazole rings is 1. The van der Waals surface area contributed by atoms with E-state index in [2.05, 4.69) is 15.0 Å². The van der Waals surface area contributed by atoms with Crippen LogP contribution in [0.4, 0.5) is 5.95 Å². The van der Waals surface area contributed by atoms with Crippen LogP contribution >= 0.6 is 0 Å². The zero-order valence-electron chi connectivity index (χ0n) is 10.4. The number of ether oxygens (including phenoxy) is 2. The van der Waals surface area contributed by atoms with Crippen molar-refractivity contribution in [2.45, 2.75) is 24.4 Å². The Kier molecular flexibility index (Phi) is 2.23. The van der Waals surface area contributed by atoms with Gasteiger partial charge < -0.3 is 20.3 Å². The van der Waals surface area contributed by atoms with Crippen LogP contribution in [-0.2, 0) is 9.47 Å². The third-order valence-electron chi connectivity index (χ3n) is 3.84. The molecular weight excluding hydrogens is 266 g/mol. The van der Waals surface area contributed by atoms with Crippen molar-refractivity contribution in [3.05, 3.63) is 16.7 Å². The van der Waals surface area contributed by atoms with Crippen molar-refractivity contribution >= 4 is 17.1 Å². The van der Waals surface area contributed by atoms with Gasteiger partial charge in [0.1, 0.15) is 11.7 Å². The molecule has 106 valence electrons. The van der Waals surface area contributed by atoms with Gasteiger partial charge in [0.25, 0.3) is 5.56 Å². The third kappa shape index (κ3) is 1.45. The number of anilines is 1. The number of aliphatic hydroxyl groups is 1. The maximum atomic E-state index is 11.7. The van der Waals surface area contributed by atoms with Crippen molar-refractivity contribution in [1.82, 2.24) is 19.5 Å². The molecule has 2 saturated heterocycles. The second-order valence-corrected chi connectivity index (χ2v) is 5.18. The Hall–Kier alpha value is -1.97. The number of nitrogens with zero attached hydrogens (tertiary/aromatic N) is 3. The Morgan fingerprint density at radius 1 is 1.65 bits per heavy atom. The molecule has 9 heteroatoms. The summed E-state index contributed by atoms with van der Waals surface area (Å²) < 4.78 is 13.1. The normalized spacial score (nSPS) is 32.2. The predicted molar refractivity (Wildman–Crippen MR) is 66.9 cm³/mol. The molecule has 0 aliphatic carbocycles. The highest BCUT2D eigenvalue weighted by atomic mass is 16.6. The summed E-state index contributed by atoms with van der Waals surface area (Å²) in [7, 11) is 0. The first-order valence-corrected chi connectivity index (χ1v) is 6.24. The van der Waals surface area contributed by atoms with E-state index in [1.807, 2.05) is 0 Å². The number of fused-ring (bicyclic) bond motifs is 3. The highest BCUT2D eigenvalue weighted by molar-refractivity contribution is 5.70. The molecule has 2 aromatic heterocycles. The molecular formula is C11H13N5O4. The topological polar surface area (TPSA) is 128 Å². The van der Waals surface area contributed by atoms with Gasteiger partial charge in [-0.2, -0.15) is 4.98 Å². The SMILES string of the molecule is Nc1nc2c(ncn2[C@@H]2O[C@@]3(CO)COC2C3)c(=O)[nH]1. The summed E-state index contributed by atoms with van der Waals surface area (Å²) in [6, 6.07) is 0. The fourth-order valence-corrected chi connectivity index (χ4v) is 2.85. The Morgan fingerprint density at radius 3 is 3.25 bits per heavy atom. The van der Waals surface area contributed by atoms with E-state index in [0.29, 0.717) is 18.7 Å². The average Bonchev–Trinajstić information content (AvgIpc) is 3.09. The van der Waals surface area contributed by atoms with Gasteiger partial charge in [0, 0.05) is 6.42 Å². The molecule has 0 spiro atoms. The van der Waals surface area contributed by atoms with E-state index in [9.17, 15) is 9.90 Å². The summed E-state index contributed by atoms with van der Waals surface area (Å²) in [4.78, 5) is 22.3. The number of nitrogens with one attached hydrogen (secondary N) is 1. The molecule has 4 N–H and O–H groups in total. The Bertz CT molecular complexity index is 740. The standard InChI is InChI=1S/C11H13N5O4/c12-10-14-7-6(8(18)15-10)13-4-16(7)9-5-1-11(2-17,20-9)3-19-5/h4-5,9,17H,1-3H2,(H3,12,14,15,18)/t5?,9-,11+/m1/s1. The van der Waals surface area contributed by atoms with Gasteiger partial charge in [-0.15, -0.1) is 0 Å². The molecule has 2 aliphatic heterocycles. The summed E-state index contributed by atoms with van der Waals surface area (Å²) in [5, 5.41) is 9.44. The van der Waals surface area contributed by atoms with E-state index in [4.69, 9.17) is 15.2 Å². The summed E-state index contributed by atoms with van der Waals surface area (Å²) in [5.41, 5.74) is 5.04. The van der Waals surface area contributed by atoms with Gasteiger partial charge in [-0.1, -0.05) is 0 Å². The lowest BCUT2D eigenvalue weighted by atomic mass is 10.0. The second kappa shape index (κ2) is 3.78. The summed E-state index contributed by atoms with van der Waals surface area (Å²) in [5.74, 6) is 0.0187. The molecule has 0 radical (unpaired) electrons. The van der Waals surface area contributed by atoms with Crippen molar-refractivity contribution in [3.63, 3.8) is 0 Å². The van der Waals surface area contributed by atoms with Crippen molar-refractivity contribution in [2.75, 3.05) is 18.9 Å². The van der Waals surface area contributed by atoms with Crippen molar-refractivity contribution in [2.24, 2.45) is 0 Å². The number of aromatic nitrogens is 4. The van der Waals surface area contributed by atoms with Gasteiger partial charge in [0.2, 0.25) is 5.95 Å². The van der Waals surface area contributed by atoms with Crippen molar-refractivity contribution in [1.29, 1.82) is 0 Å². The van der Waals surface area contributed by atoms with Crippen molar-refractivity contribution < 1.29 is 14.6 Å². The summed E-state index contributed by atoms with van der Waals surface area (Å²) >= 11 is 0. The molecule has 2 aromatic rings. The van der Waals surface area contributed by atoms with E-state index >= 15 is 0 Å². The highest BCUT2D eigenvalue weighted by Gasteiger charge is 2.54. The van der Waals surface area contributed by atoms with Gasteiger partial charge in [-0.05, 0) is 0 Å². The van der Waals surface area contributed by atoms with Gasteiger partial charge in [0.15, 0.2) is 17.4 Å². The van der Waals surface area contributed by atoms with Crippen molar-refractivity contribution in [3.8, 4) is 0 Å². The van der Waals surface area contributed by atoms with Gasteiger partial charge >= 0.3 is 0 Å². The van der Waals surface area contributed by atoms with Gasteiger partial charge in [-0.3, -0.25) is 14.3 Å². The average molecular weight is 279 g/mol. The number of rotatable bonds is 2. The number of hydrogen-bond donors (Lipinski definition) is 3. The molecule has 20 heavy (non-hydrogen) atoms. The second-order valence-electron chi connectivity index (χ2n) is 5.18. The number of H-pyrrole nitrogens is 1. The Labute approximate surface area is 112 Å². The first kappa shape index (κ1) is 11.8. The monoisotopic (exact) mass is 279 g/mol. The molecule has 0 amide bonds. The van der Waals surface area contributed by atoms with E-state index in [0.717, 1.165) is 0 Å². The molecule has 2 bridgehead atoms. The number of nitrogen functional groups attached to an aromatic ring is 1. The molecule has 0 aromatic carbocycles. The zero-order chi connectivity index (χ0) is 13.9. The quantitative estimate of drug-likeness (QED) is 0.626. The Morgan fingerprint density at radius 2 is 2.50 bits per heavy atom. The minimum Gasteiger partial charge on any atom is -0.393 e. The molecule has 0 saturated carbocycles. The molecule has 2 aliphatic rings. The fourth-order valence-electron chi connectivity index (χ4n) is 2.85. The van der Waals surface area contributed by atoms with Crippen LogP contribution in [0.3, 0.4) is 0 Å². The van der Waals surface area contributed by atoms with Crippen LogP contribution in [0.15, 0.2) is 11.1 Å². The van der Waals surface area contributed by atoms with Crippen LogP contribution in [0, 0.1) is 0 Å². The van der Waals surface area contributed by atoms with E-state index < -0.39 is 17.4 Å². The minimum absolute atomic E-state index is 0.0187. The first-order valence-electron chi connectivity index (χ1n) is 6.24. The number of hydrogen-bond acceptors (Lipinski definition) is 7. The van der Waals surface area contributed by atoms with Crippen LogP contribution in [-0.4, -0.2) is 49.5 Å². The number of aromatic amines is 1. The predicted octanol–water partition coefficient (Wildman–Crippen LogP) is -1.25. The smallest absolute Gasteiger partial charge is 0.280 e. The van der Waals surface area contributed by atoms with Crippen LogP contribution in [0.25, 0.3) is 11.2 Å². The zero-order valence-corrected chi connectivity index (χ0v) is 10.4. The molecule has 2 fully saturated rings. The molecule has 1 unspecified atom stereocenters. The molecule has 9 nitrogen and oxygen atoms in total. The first-order chi connectivity index (χ1) is 9.62. The molecule has 4 rings (SSSR count). The lowest BCUT2D eigenvalue weighted by Crippen LogP contribution is -2.38. The summed E-state index contributed by atoms with van der Waals surface area (Å²) in [6.07, 6.45) is 1.43. The van der Waals surface area contributed by atoms with Gasteiger partial charge in [-0.25, -0.2) is 4.98 Å². The highest BCUT2D eigenvalue weighted by Crippen LogP contribution is 2.44. The number of aliphatic hydroxyl groups excluding tert-OH is 1. The lowest BCUT2D eigenvalue weighted by Gasteiger charge is -2.29. The largest absolute Gasteiger partial charge is 0.393 e. The van der Waals surface area contributed by atoms with Crippen LogP contribution < -0.4 is 11.3 Å².